The molecule has 0 atom stereocenters. The van der Waals surface area contributed by atoms with Crippen LogP contribution in [0, 0.1) is 13.8 Å². The highest BCUT2D eigenvalue weighted by Gasteiger charge is 2.16. The molecule has 0 radical (unpaired) electrons. The lowest BCUT2D eigenvalue weighted by Gasteiger charge is -2.22. The third-order valence-electron chi connectivity index (χ3n) is 3.96. The molecule has 5 heteroatoms. The molecule has 0 fully saturated rings. The van der Waals surface area contributed by atoms with Crippen molar-refractivity contribution in [3.05, 3.63) is 58.6 Å². The molecular weight excluding hydrogens is 324 g/mol. The smallest absolute Gasteiger partial charge is 0.226 e. The first kappa shape index (κ1) is 18.0. The van der Waals surface area contributed by atoms with Crippen LogP contribution < -0.4 is 10.2 Å². The van der Waals surface area contributed by atoms with Crippen molar-refractivity contribution in [2.24, 2.45) is 0 Å². The maximum atomic E-state index is 12.2. The number of para-hydroxylation sites is 1. The third kappa shape index (κ3) is 4.36. The Morgan fingerprint density at radius 1 is 1.08 bits per heavy atom. The highest BCUT2D eigenvalue weighted by atomic mass is 35.5. The van der Waals surface area contributed by atoms with Crippen LogP contribution in [0.2, 0.25) is 5.02 Å². The van der Waals surface area contributed by atoms with E-state index in [4.69, 9.17) is 11.6 Å². The molecule has 24 heavy (non-hydrogen) atoms. The van der Waals surface area contributed by atoms with Crippen LogP contribution in [-0.4, -0.2) is 18.4 Å². The van der Waals surface area contributed by atoms with Gasteiger partial charge in [0.05, 0.1) is 10.7 Å². The topological polar surface area (TPSA) is 49.4 Å². The Balaban J connectivity index is 2.05. The van der Waals surface area contributed by atoms with Crippen LogP contribution in [0.4, 0.5) is 11.4 Å². The number of aryl methyl sites for hydroxylation is 1. The summed E-state index contributed by atoms with van der Waals surface area (Å²) in [6.07, 6.45) is 0.193. The molecule has 0 bridgehead atoms. The van der Waals surface area contributed by atoms with Gasteiger partial charge in [-0.1, -0.05) is 35.9 Å². The van der Waals surface area contributed by atoms with E-state index < -0.39 is 0 Å². The molecule has 0 aliphatic heterocycles. The summed E-state index contributed by atoms with van der Waals surface area (Å²) in [5, 5.41) is 3.39. The van der Waals surface area contributed by atoms with E-state index in [1.807, 2.05) is 38.1 Å². The molecule has 0 saturated heterocycles. The third-order valence-corrected chi connectivity index (χ3v) is 4.28. The lowest BCUT2D eigenvalue weighted by molar-refractivity contribution is -0.117. The number of hydrogen-bond donors (Lipinski definition) is 1. The Kier molecular flexibility index (Phi) is 5.99. The van der Waals surface area contributed by atoms with Gasteiger partial charge in [-0.2, -0.15) is 0 Å². The lowest BCUT2D eigenvalue weighted by atomic mass is 10.1. The first-order valence-corrected chi connectivity index (χ1v) is 8.16. The molecule has 2 aromatic carbocycles. The number of amides is 2. The van der Waals surface area contributed by atoms with Gasteiger partial charge in [0.1, 0.15) is 0 Å². The SMILES string of the molecule is CC(=O)N(CCC(=O)Nc1cccc(C)c1C)c1ccccc1Cl. The number of carbonyl (C=O) groups is 2. The van der Waals surface area contributed by atoms with Crippen LogP contribution in [0.5, 0.6) is 0 Å². The summed E-state index contributed by atoms with van der Waals surface area (Å²) in [6, 6.07) is 12.9. The second-order valence-electron chi connectivity index (χ2n) is 5.67. The zero-order valence-corrected chi connectivity index (χ0v) is 14.9. The summed E-state index contributed by atoms with van der Waals surface area (Å²) < 4.78 is 0. The number of halogens is 1. The van der Waals surface area contributed by atoms with Crippen LogP contribution >= 0.6 is 11.6 Å². The Bertz CT molecular complexity index is 759. The minimum absolute atomic E-state index is 0.137. The van der Waals surface area contributed by atoms with Crippen LogP contribution in [0.15, 0.2) is 42.5 Å². The van der Waals surface area contributed by atoms with Crippen molar-refractivity contribution in [2.45, 2.75) is 27.2 Å². The molecule has 2 amide bonds. The van der Waals surface area contributed by atoms with Crippen molar-refractivity contribution in [1.82, 2.24) is 0 Å². The molecule has 0 spiro atoms. The largest absolute Gasteiger partial charge is 0.326 e. The number of hydrogen-bond acceptors (Lipinski definition) is 2. The van der Waals surface area contributed by atoms with Crippen LogP contribution in [-0.2, 0) is 9.59 Å². The number of nitrogens with one attached hydrogen (secondary N) is 1. The van der Waals surface area contributed by atoms with Crippen molar-refractivity contribution < 1.29 is 9.59 Å². The zero-order chi connectivity index (χ0) is 17.7. The van der Waals surface area contributed by atoms with Gasteiger partial charge in [0.15, 0.2) is 0 Å². The molecule has 0 unspecified atom stereocenters. The van der Waals surface area contributed by atoms with Crippen LogP contribution in [0.3, 0.4) is 0 Å². The highest BCUT2D eigenvalue weighted by Crippen LogP contribution is 2.25. The number of benzene rings is 2. The van der Waals surface area contributed by atoms with Gasteiger partial charge in [0.25, 0.3) is 0 Å². The lowest BCUT2D eigenvalue weighted by Crippen LogP contribution is -2.32. The first-order valence-electron chi connectivity index (χ1n) is 7.79. The molecule has 0 saturated carbocycles. The molecule has 4 nitrogen and oxygen atoms in total. The minimum atomic E-state index is -0.150. The van der Waals surface area contributed by atoms with Gasteiger partial charge in [-0.25, -0.2) is 0 Å². The molecule has 126 valence electrons. The van der Waals surface area contributed by atoms with E-state index >= 15 is 0 Å². The number of carbonyl (C=O) groups excluding carboxylic acids is 2. The van der Waals surface area contributed by atoms with Crippen molar-refractivity contribution in [2.75, 3.05) is 16.8 Å². The predicted octanol–water partition coefficient (Wildman–Crippen LogP) is 4.34. The Hall–Kier alpha value is -2.33. The monoisotopic (exact) mass is 344 g/mol. The second kappa shape index (κ2) is 7.97. The molecule has 0 aliphatic rings. The van der Waals surface area contributed by atoms with Gasteiger partial charge in [-0.05, 0) is 43.2 Å². The summed E-state index contributed by atoms with van der Waals surface area (Å²) in [5.41, 5.74) is 3.58. The number of nitrogens with zero attached hydrogens (tertiary/aromatic N) is 1. The summed E-state index contributed by atoms with van der Waals surface area (Å²) in [5.74, 6) is -0.287. The zero-order valence-electron chi connectivity index (χ0n) is 14.1. The van der Waals surface area contributed by atoms with Gasteiger partial charge in [0, 0.05) is 25.6 Å². The summed E-state index contributed by atoms with van der Waals surface area (Å²) in [4.78, 5) is 25.7. The maximum absolute atomic E-state index is 12.2. The van der Waals surface area contributed by atoms with Crippen molar-refractivity contribution >= 4 is 34.8 Å². The minimum Gasteiger partial charge on any atom is -0.326 e. The molecule has 2 aromatic rings. The van der Waals surface area contributed by atoms with Crippen molar-refractivity contribution in [3.63, 3.8) is 0 Å². The molecular formula is C19H21ClN2O2. The number of rotatable bonds is 5. The van der Waals surface area contributed by atoms with Crippen LogP contribution in [0.25, 0.3) is 0 Å². The molecule has 2 rings (SSSR count). The van der Waals surface area contributed by atoms with E-state index in [2.05, 4.69) is 5.32 Å². The standard InChI is InChI=1S/C19H21ClN2O2/c1-13-7-6-9-17(14(13)2)21-19(24)11-12-22(15(3)23)18-10-5-4-8-16(18)20/h4-10H,11-12H2,1-3H3,(H,21,24). The van der Waals surface area contributed by atoms with E-state index in [-0.39, 0.29) is 24.8 Å². The maximum Gasteiger partial charge on any atom is 0.226 e. The first-order chi connectivity index (χ1) is 11.4. The van der Waals surface area contributed by atoms with Gasteiger partial charge in [0.2, 0.25) is 11.8 Å². The summed E-state index contributed by atoms with van der Waals surface area (Å²) >= 11 is 6.15. The summed E-state index contributed by atoms with van der Waals surface area (Å²) in [7, 11) is 0. The van der Waals surface area contributed by atoms with Crippen molar-refractivity contribution in [1.29, 1.82) is 0 Å². The van der Waals surface area contributed by atoms with Gasteiger partial charge in [-0.3, -0.25) is 9.59 Å². The van der Waals surface area contributed by atoms with E-state index in [0.29, 0.717) is 10.7 Å². The van der Waals surface area contributed by atoms with E-state index in [1.165, 1.54) is 11.8 Å². The molecule has 0 aromatic heterocycles. The van der Waals surface area contributed by atoms with Crippen molar-refractivity contribution in [3.8, 4) is 0 Å². The van der Waals surface area contributed by atoms with Gasteiger partial charge >= 0.3 is 0 Å². The van der Waals surface area contributed by atoms with E-state index in [1.54, 1.807) is 18.2 Å². The Labute approximate surface area is 147 Å². The van der Waals surface area contributed by atoms with Gasteiger partial charge < -0.3 is 10.2 Å². The average molecular weight is 345 g/mol. The normalized spacial score (nSPS) is 10.3. The fraction of sp³-hybridized carbons (Fsp3) is 0.263. The predicted molar refractivity (Wildman–Crippen MR) is 98.6 cm³/mol. The molecule has 1 N–H and O–H groups in total. The fourth-order valence-corrected chi connectivity index (χ4v) is 2.67. The average Bonchev–Trinajstić information content (AvgIpc) is 2.53. The Morgan fingerprint density at radius 3 is 2.46 bits per heavy atom. The second-order valence-corrected chi connectivity index (χ2v) is 6.07. The summed E-state index contributed by atoms with van der Waals surface area (Å²) in [6.45, 7) is 5.71. The van der Waals surface area contributed by atoms with E-state index in [9.17, 15) is 9.59 Å². The van der Waals surface area contributed by atoms with Crippen LogP contribution in [0.1, 0.15) is 24.5 Å². The van der Waals surface area contributed by atoms with Gasteiger partial charge in [-0.15, -0.1) is 0 Å². The highest BCUT2D eigenvalue weighted by molar-refractivity contribution is 6.33. The fourth-order valence-electron chi connectivity index (χ4n) is 2.43. The van der Waals surface area contributed by atoms with E-state index in [0.717, 1.165) is 16.8 Å². The molecule has 0 heterocycles. The quantitative estimate of drug-likeness (QED) is 0.877. The molecule has 0 aliphatic carbocycles. The number of anilines is 2. The Morgan fingerprint density at radius 2 is 1.79 bits per heavy atom.